The van der Waals surface area contributed by atoms with E-state index in [2.05, 4.69) is 10.2 Å². The number of nitrogen functional groups attached to an aromatic ring is 1. The van der Waals surface area contributed by atoms with E-state index >= 15 is 0 Å². The van der Waals surface area contributed by atoms with Gasteiger partial charge >= 0.3 is 0 Å². The van der Waals surface area contributed by atoms with Crippen LogP contribution in [0.2, 0.25) is 0 Å². The summed E-state index contributed by atoms with van der Waals surface area (Å²) in [5.41, 5.74) is 7.75. The number of para-hydroxylation sites is 1. The second kappa shape index (κ2) is 3.48. The molecule has 0 amide bonds. The van der Waals surface area contributed by atoms with Crippen molar-refractivity contribution in [1.29, 1.82) is 0 Å². The van der Waals surface area contributed by atoms with Crippen molar-refractivity contribution >= 4 is 11.3 Å². The molecule has 0 bridgehead atoms. The number of pyridine rings is 1. The Bertz CT molecular complexity index is 690. The van der Waals surface area contributed by atoms with Crippen LogP contribution >= 0.6 is 0 Å². The molecule has 0 saturated heterocycles. The Balaban J connectivity index is 2.33. The molecule has 0 unspecified atom stereocenters. The first-order valence-electron chi connectivity index (χ1n) is 5.15. The Morgan fingerprint density at radius 2 is 1.88 bits per heavy atom. The number of benzene rings is 1. The molecular weight excluding hydrogens is 216 g/mol. The van der Waals surface area contributed by atoms with Gasteiger partial charge in [0, 0.05) is 17.4 Å². The molecule has 0 aliphatic rings. The van der Waals surface area contributed by atoms with Gasteiger partial charge in [0.1, 0.15) is 0 Å². The summed E-state index contributed by atoms with van der Waals surface area (Å²) in [6.07, 6.45) is 1.79. The van der Waals surface area contributed by atoms with Crippen LogP contribution in [0.15, 0.2) is 42.6 Å². The van der Waals surface area contributed by atoms with Gasteiger partial charge < -0.3 is 10.8 Å². The third kappa shape index (κ3) is 1.40. The second-order valence-electron chi connectivity index (χ2n) is 3.70. The monoisotopic (exact) mass is 226 g/mol. The Morgan fingerprint density at radius 3 is 2.71 bits per heavy atom. The Labute approximate surface area is 97.1 Å². The van der Waals surface area contributed by atoms with Crippen molar-refractivity contribution in [3.8, 4) is 17.1 Å². The minimum atomic E-state index is 0.0979. The zero-order valence-electron chi connectivity index (χ0n) is 8.91. The van der Waals surface area contributed by atoms with Crippen molar-refractivity contribution in [2.45, 2.75) is 0 Å². The van der Waals surface area contributed by atoms with Crippen molar-refractivity contribution in [2.75, 3.05) is 5.73 Å². The molecule has 0 spiro atoms. The van der Waals surface area contributed by atoms with Crippen LogP contribution in [-0.2, 0) is 0 Å². The van der Waals surface area contributed by atoms with Gasteiger partial charge in [0.2, 0.25) is 5.65 Å². The van der Waals surface area contributed by atoms with E-state index in [1.165, 1.54) is 0 Å². The van der Waals surface area contributed by atoms with E-state index in [1.807, 2.05) is 18.2 Å². The number of aromatic hydroxyl groups is 1. The maximum absolute atomic E-state index is 9.65. The fraction of sp³-hybridized carbons (Fsp3) is 0. The highest BCUT2D eigenvalue weighted by molar-refractivity contribution is 5.73. The van der Waals surface area contributed by atoms with Crippen LogP contribution in [0.5, 0.6) is 5.75 Å². The number of rotatable bonds is 1. The van der Waals surface area contributed by atoms with Gasteiger partial charge in [-0.15, -0.1) is 10.2 Å². The predicted molar refractivity (Wildman–Crippen MR) is 64.5 cm³/mol. The standard InChI is InChI=1S/C12H10N4O/c13-9-5-2-1-4-8(9)11-14-15-12-10(17)6-3-7-16(11)12/h1-7,17H,13H2. The first kappa shape index (κ1) is 9.65. The maximum Gasteiger partial charge on any atom is 0.203 e. The molecule has 0 fully saturated rings. The molecule has 3 N–H and O–H groups in total. The van der Waals surface area contributed by atoms with Gasteiger partial charge in [0.05, 0.1) is 0 Å². The molecule has 2 heterocycles. The van der Waals surface area contributed by atoms with Crippen LogP contribution < -0.4 is 5.73 Å². The van der Waals surface area contributed by atoms with Crippen LogP contribution in [-0.4, -0.2) is 19.7 Å². The smallest absolute Gasteiger partial charge is 0.203 e. The highest BCUT2D eigenvalue weighted by atomic mass is 16.3. The quantitative estimate of drug-likeness (QED) is 0.619. The molecule has 0 atom stereocenters. The zero-order valence-corrected chi connectivity index (χ0v) is 8.91. The highest BCUT2D eigenvalue weighted by Gasteiger charge is 2.11. The predicted octanol–water partition coefficient (Wildman–Crippen LogP) is 1.68. The third-order valence-corrected chi connectivity index (χ3v) is 2.62. The van der Waals surface area contributed by atoms with E-state index in [-0.39, 0.29) is 5.75 Å². The van der Waals surface area contributed by atoms with Crippen LogP contribution in [0.25, 0.3) is 17.0 Å². The number of fused-ring (bicyclic) bond motifs is 1. The van der Waals surface area contributed by atoms with Crippen molar-refractivity contribution in [1.82, 2.24) is 14.6 Å². The molecule has 0 aliphatic carbocycles. The summed E-state index contributed by atoms with van der Waals surface area (Å²) in [6, 6.07) is 10.7. The van der Waals surface area contributed by atoms with Crippen molar-refractivity contribution in [3.63, 3.8) is 0 Å². The molecule has 84 valence electrons. The number of nitrogens with two attached hydrogens (primary N) is 1. The number of hydrogen-bond acceptors (Lipinski definition) is 4. The molecule has 1 aromatic carbocycles. The van der Waals surface area contributed by atoms with E-state index in [9.17, 15) is 5.11 Å². The van der Waals surface area contributed by atoms with Gasteiger partial charge in [-0.3, -0.25) is 4.40 Å². The Hall–Kier alpha value is -2.56. The lowest BCUT2D eigenvalue weighted by Crippen LogP contribution is -1.94. The summed E-state index contributed by atoms with van der Waals surface area (Å²) in [6.45, 7) is 0. The summed E-state index contributed by atoms with van der Waals surface area (Å²) in [5.74, 6) is 0.717. The SMILES string of the molecule is Nc1ccccc1-c1nnc2c(O)cccn12. The molecule has 17 heavy (non-hydrogen) atoms. The third-order valence-electron chi connectivity index (χ3n) is 2.62. The molecule has 2 aromatic heterocycles. The zero-order chi connectivity index (χ0) is 11.8. The van der Waals surface area contributed by atoms with Crippen molar-refractivity contribution in [3.05, 3.63) is 42.6 Å². The van der Waals surface area contributed by atoms with E-state index in [0.717, 1.165) is 5.56 Å². The highest BCUT2D eigenvalue weighted by Crippen LogP contribution is 2.26. The molecule has 5 nitrogen and oxygen atoms in total. The van der Waals surface area contributed by atoms with Gasteiger partial charge in [0.15, 0.2) is 11.6 Å². The molecule has 0 aliphatic heterocycles. The van der Waals surface area contributed by atoms with Gasteiger partial charge in [-0.05, 0) is 24.3 Å². The topological polar surface area (TPSA) is 76.4 Å². The largest absolute Gasteiger partial charge is 0.504 e. The van der Waals surface area contributed by atoms with Crippen LogP contribution in [0, 0.1) is 0 Å². The van der Waals surface area contributed by atoms with Gasteiger partial charge in [-0.25, -0.2) is 0 Å². The van der Waals surface area contributed by atoms with E-state index in [0.29, 0.717) is 17.2 Å². The van der Waals surface area contributed by atoms with Gasteiger partial charge in [0.25, 0.3) is 0 Å². The molecule has 5 heteroatoms. The van der Waals surface area contributed by atoms with Crippen LogP contribution in [0.1, 0.15) is 0 Å². The van der Waals surface area contributed by atoms with E-state index in [1.54, 1.807) is 28.8 Å². The van der Waals surface area contributed by atoms with E-state index in [4.69, 9.17) is 5.73 Å². The summed E-state index contributed by atoms with van der Waals surface area (Å²) in [7, 11) is 0. The number of anilines is 1. The molecular formula is C12H10N4O. The minimum Gasteiger partial charge on any atom is -0.504 e. The lowest BCUT2D eigenvalue weighted by molar-refractivity contribution is 0.477. The minimum absolute atomic E-state index is 0.0979. The normalized spacial score (nSPS) is 10.8. The Morgan fingerprint density at radius 1 is 1.06 bits per heavy atom. The summed E-state index contributed by atoms with van der Waals surface area (Å²) in [4.78, 5) is 0. The van der Waals surface area contributed by atoms with Gasteiger partial charge in [-0.2, -0.15) is 0 Å². The maximum atomic E-state index is 9.65. The number of nitrogens with zero attached hydrogens (tertiary/aromatic N) is 3. The lowest BCUT2D eigenvalue weighted by Gasteiger charge is -2.03. The Kier molecular flexibility index (Phi) is 1.98. The van der Waals surface area contributed by atoms with Crippen LogP contribution in [0.3, 0.4) is 0 Å². The summed E-state index contributed by atoms with van der Waals surface area (Å²) < 4.78 is 1.71. The fourth-order valence-corrected chi connectivity index (χ4v) is 1.79. The molecule has 3 aromatic rings. The van der Waals surface area contributed by atoms with Crippen molar-refractivity contribution in [2.24, 2.45) is 0 Å². The summed E-state index contributed by atoms with van der Waals surface area (Å²) in [5, 5.41) is 17.6. The lowest BCUT2D eigenvalue weighted by atomic mass is 10.2. The van der Waals surface area contributed by atoms with Gasteiger partial charge in [-0.1, -0.05) is 12.1 Å². The van der Waals surface area contributed by atoms with E-state index < -0.39 is 0 Å². The first-order chi connectivity index (χ1) is 8.27. The molecule has 3 rings (SSSR count). The summed E-state index contributed by atoms with van der Waals surface area (Å²) >= 11 is 0. The number of aromatic nitrogens is 3. The second-order valence-corrected chi connectivity index (χ2v) is 3.70. The molecule has 0 saturated carbocycles. The fourth-order valence-electron chi connectivity index (χ4n) is 1.79. The van der Waals surface area contributed by atoms with Crippen LogP contribution in [0.4, 0.5) is 5.69 Å². The average Bonchev–Trinajstić information content (AvgIpc) is 2.75. The first-order valence-corrected chi connectivity index (χ1v) is 5.15. The van der Waals surface area contributed by atoms with Crippen molar-refractivity contribution < 1.29 is 5.11 Å². The molecule has 0 radical (unpaired) electrons. The average molecular weight is 226 g/mol. The number of hydrogen-bond donors (Lipinski definition) is 2.